The van der Waals surface area contributed by atoms with E-state index in [0.29, 0.717) is 0 Å². The van der Waals surface area contributed by atoms with E-state index in [-0.39, 0.29) is 16.8 Å². The van der Waals surface area contributed by atoms with Crippen molar-refractivity contribution in [2.24, 2.45) is 16.8 Å². The number of nitrogens with two attached hydrogens (primary N) is 2. The van der Waals surface area contributed by atoms with E-state index >= 15 is 0 Å². The van der Waals surface area contributed by atoms with Gasteiger partial charge in [-0.25, -0.2) is 13.6 Å². The summed E-state index contributed by atoms with van der Waals surface area (Å²) < 4.78 is 22.7. The smallest absolute Gasteiger partial charge is 0.238 e. The van der Waals surface area contributed by atoms with Crippen molar-refractivity contribution in [3.05, 3.63) is 65.7 Å². The van der Waals surface area contributed by atoms with E-state index in [4.69, 9.17) is 10.9 Å². The summed E-state index contributed by atoms with van der Waals surface area (Å²) in [5.74, 6) is -0.474. The van der Waals surface area contributed by atoms with Crippen molar-refractivity contribution in [2.45, 2.75) is 30.8 Å². The van der Waals surface area contributed by atoms with Gasteiger partial charge in [0.05, 0.1) is 16.9 Å². The Morgan fingerprint density at radius 3 is 2.00 bits per heavy atom. The second-order valence-electron chi connectivity index (χ2n) is 6.46. The molecule has 0 aromatic heterocycles. The summed E-state index contributed by atoms with van der Waals surface area (Å²) in [5.41, 5.74) is 7.98. The summed E-state index contributed by atoms with van der Waals surface area (Å²) in [7, 11) is -2.02. The molecule has 0 heterocycles. The summed E-state index contributed by atoms with van der Waals surface area (Å²) >= 11 is 0. The minimum Gasteiger partial charge on any atom is -0.339 e. The first-order chi connectivity index (χ1) is 12.1. The van der Waals surface area contributed by atoms with Crippen molar-refractivity contribution in [1.29, 1.82) is 0 Å². The van der Waals surface area contributed by atoms with Gasteiger partial charge in [0.25, 0.3) is 0 Å². The normalized spacial score (nSPS) is 15.1. The van der Waals surface area contributed by atoms with Crippen LogP contribution in [0.3, 0.4) is 0 Å². The standard InChI is InChI=1S/C19H25N3O3S/c1-13(18(20)16-7-5-4-6-8-16)19(23)22(3)14(2)15-9-11-17(12-10-15)26(21,24)25/h4-14,18H,20H2,1-3H3,(H2,21,24,25). The number of nitrogens with zero attached hydrogens (tertiary/aromatic N) is 1. The van der Waals surface area contributed by atoms with Gasteiger partial charge in [-0.05, 0) is 30.2 Å². The van der Waals surface area contributed by atoms with E-state index in [2.05, 4.69) is 0 Å². The van der Waals surface area contributed by atoms with Gasteiger partial charge in [-0.15, -0.1) is 0 Å². The van der Waals surface area contributed by atoms with E-state index in [0.717, 1.165) is 11.1 Å². The molecule has 0 radical (unpaired) electrons. The lowest BCUT2D eigenvalue weighted by Crippen LogP contribution is -2.38. The van der Waals surface area contributed by atoms with Crippen molar-refractivity contribution in [3.8, 4) is 0 Å². The predicted octanol–water partition coefficient (Wildman–Crippen LogP) is 2.19. The SMILES string of the molecule is CC(C(=O)N(C)C(C)c1ccc(S(N)(=O)=O)cc1)C(N)c1ccccc1. The molecule has 2 aromatic rings. The average Bonchev–Trinajstić information content (AvgIpc) is 2.65. The van der Waals surface area contributed by atoms with Crippen molar-refractivity contribution in [1.82, 2.24) is 4.90 Å². The maximum Gasteiger partial charge on any atom is 0.238 e. The first-order valence-electron chi connectivity index (χ1n) is 8.33. The molecule has 0 spiro atoms. The van der Waals surface area contributed by atoms with Crippen molar-refractivity contribution in [2.75, 3.05) is 7.05 Å². The number of amides is 1. The lowest BCUT2D eigenvalue weighted by molar-refractivity contribution is -0.136. The summed E-state index contributed by atoms with van der Waals surface area (Å²) in [6, 6.07) is 15.1. The minimum absolute atomic E-state index is 0.0434. The molecule has 0 aliphatic heterocycles. The zero-order valence-electron chi connectivity index (χ0n) is 15.2. The Hall–Kier alpha value is -2.22. The van der Waals surface area contributed by atoms with Gasteiger partial charge in [-0.2, -0.15) is 0 Å². The molecule has 3 unspecified atom stereocenters. The highest BCUT2D eigenvalue weighted by atomic mass is 32.2. The Morgan fingerprint density at radius 2 is 1.50 bits per heavy atom. The molecule has 3 atom stereocenters. The Balaban J connectivity index is 2.14. The van der Waals surface area contributed by atoms with Gasteiger partial charge in [-0.3, -0.25) is 4.79 Å². The highest BCUT2D eigenvalue weighted by molar-refractivity contribution is 7.89. The molecule has 1 amide bonds. The maximum atomic E-state index is 12.8. The molecule has 0 saturated heterocycles. The maximum absolute atomic E-state index is 12.8. The van der Waals surface area contributed by atoms with Gasteiger partial charge >= 0.3 is 0 Å². The number of hydrogen-bond donors (Lipinski definition) is 2. The van der Waals surface area contributed by atoms with Gasteiger partial charge in [0.2, 0.25) is 15.9 Å². The first-order valence-corrected chi connectivity index (χ1v) is 9.87. The second-order valence-corrected chi connectivity index (χ2v) is 8.03. The molecule has 6 nitrogen and oxygen atoms in total. The van der Waals surface area contributed by atoms with Crippen LogP contribution in [-0.2, 0) is 14.8 Å². The fraction of sp³-hybridized carbons (Fsp3) is 0.316. The monoisotopic (exact) mass is 375 g/mol. The van der Waals surface area contributed by atoms with Gasteiger partial charge < -0.3 is 10.6 Å². The lowest BCUT2D eigenvalue weighted by atomic mass is 9.93. The summed E-state index contributed by atoms with van der Waals surface area (Å²) in [5, 5.41) is 5.11. The summed E-state index contributed by atoms with van der Waals surface area (Å²) in [6.07, 6.45) is 0. The molecule has 4 N–H and O–H groups in total. The number of sulfonamides is 1. The van der Waals surface area contributed by atoms with Crippen LogP contribution in [-0.4, -0.2) is 26.3 Å². The summed E-state index contributed by atoms with van der Waals surface area (Å²) in [4.78, 5) is 14.5. The first kappa shape index (κ1) is 20.1. The molecule has 2 rings (SSSR count). The van der Waals surface area contributed by atoms with Gasteiger partial charge in [0.1, 0.15) is 0 Å². The van der Waals surface area contributed by atoms with E-state index < -0.39 is 22.0 Å². The molecule has 2 aromatic carbocycles. The molecule has 26 heavy (non-hydrogen) atoms. The van der Waals surface area contributed by atoms with Crippen LogP contribution in [0.5, 0.6) is 0 Å². The fourth-order valence-electron chi connectivity index (χ4n) is 2.79. The van der Waals surface area contributed by atoms with Crippen molar-refractivity contribution in [3.63, 3.8) is 0 Å². The van der Waals surface area contributed by atoms with Crippen molar-refractivity contribution >= 4 is 15.9 Å². The molecule has 0 bridgehead atoms. The lowest BCUT2D eigenvalue weighted by Gasteiger charge is -2.30. The van der Waals surface area contributed by atoms with E-state index in [1.54, 1.807) is 24.1 Å². The third-order valence-electron chi connectivity index (χ3n) is 4.73. The van der Waals surface area contributed by atoms with E-state index in [1.165, 1.54) is 12.1 Å². The predicted molar refractivity (Wildman–Crippen MR) is 102 cm³/mol. The number of carbonyl (C=O) groups is 1. The highest BCUT2D eigenvalue weighted by Crippen LogP contribution is 2.26. The van der Waals surface area contributed by atoms with Crippen LogP contribution < -0.4 is 10.9 Å². The average molecular weight is 375 g/mol. The molecular weight excluding hydrogens is 350 g/mol. The third kappa shape index (κ3) is 4.49. The van der Waals surface area contributed by atoms with E-state index in [1.807, 2.05) is 44.2 Å². The van der Waals surface area contributed by atoms with E-state index in [9.17, 15) is 13.2 Å². The van der Waals surface area contributed by atoms with Crippen LogP contribution in [0.4, 0.5) is 0 Å². The highest BCUT2D eigenvalue weighted by Gasteiger charge is 2.27. The van der Waals surface area contributed by atoms with Crippen LogP contribution >= 0.6 is 0 Å². The number of benzene rings is 2. The van der Waals surface area contributed by atoms with Crippen LogP contribution in [0, 0.1) is 5.92 Å². The number of rotatable bonds is 6. The number of carbonyl (C=O) groups excluding carboxylic acids is 1. The fourth-order valence-corrected chi connectivity index (χ4v) is 3.30. The molecule has 0 fully saturated rings. The van der Waals surface area contributed by atoms with Crippen LogP contribution in [0.15, 0.2) is 59.5 Å². The quantitative estimate of drug-likeness (QED) is 0.807. The zero-order valence-corrected chi connectivity index (χ0v) is 16.0. The summed E-state index contributed by atoms with van der Waals surface area (Å²) in [6.45, 7) is 3.69. The third-order valence-corrected chi connectivity index (χ3v) is 5.66. The Kier molecular flexibility index (Phi) is 6.17. The Labute approximate surface area is 154 Å². The van der Waals surface area contributed by atoms with Gasteiger partial charge in [0, 0.05) is 13.1 Å². The molecule has 0 aliphatic rings. The van der Waals surface area contributed by atoms with Crippen molar-refractivity contribution < 1.29 is 13.2 Å². The second kappa shape index (κ2) is 7.99. The zero-order chi connectivity index (χ0) is 19.5. The minimum atomic E-state index is -3.73. The van der Waals surface area contributed by atoms with Crippen LogP contribution in [0.2, 0.25) is 0 Å². The largest absolute Gasteiger partial charge is 0.339 e. The van der Waals surface area contributed by atoms with Crippen LogP contribution in [0.25, 0.3) is 0 Å². The number of hydrogen-bond acceptors (Lipinski definition) is 4. The molecule has 140 valence electrons. The molecule has 7 heteroatoms. The Morgan fingerprint density at radius 1 is 0.962 bits per heavy atom. The Bertz CT molecular complexity index is 851. The molecule has 0 aliphatic carbocycles. The molecule has 0 saturated carbocycles. The van der Waals surface area contributed by atoms with Crippen LogP contribution in [0.1, 0.15) is 37.1 Å². The van der Waals surface area contributed by atoms with Gasteiger partial charge in [0.15, 0.2) is 0 Å². The van der Waals surface area contributed by atoms with Gasteiger partial charge in [-0.1, -0.05) is 49.4 Å². The topological polar surface area (TPSA) is 106 Å². The number of primary sulfonamides is 1. The molecular formula is C19H25N3O3S.